The van der Waals surface area contributed by atoms with Gasteiger partial charge in [-0.2, -0.15) is 0 Å². The normalized spacial score (nSPS) is 11.5. The molecular formula is C23H20FN3O4S. The summed E-state index contributed by atoms with van der Waals surface area (Å²) in [5.41, 5.74) is 1.53. The third-order valence-corrected chi connectivity index (χ3v) is 5.70. The number of nitro groups is 1. The molecule has 0 spiro atoms. The van der Waals surface area contributed by atoms with E-state index in [9.17, 15) is 24.1 Å². The summed E-state index contributed by atoms with van der Waals surface area (Å²) in [6.45, 7) is 3.43. The van der Waals surface area contributed by atoms with Gasteiger partial charge in [0.25, 0.3) is 11.6 Å². The molecule has 2 N–H and O–H groups in total. The monoisotopic (exact) mass is 453 g/mol. The summed E-state index contributed by atoms with van der Waals surface area (Å²) >= 11 is 1.32. The van der Waals surface area contributed by atoms with Crippen LogP contribution >= 0.6 is 11.8 Å². The molecule has 3 rings (SSSR count). The number of benzene rings is 3. The minimum atomic E-state index is -0.597. The van der Waals surface area contributed by atoms with Crippen LogP contribution in [0.3, 0.4) is 0 Å². The number of nitro benzene ring substituents is 1. The third kappa shape index (κ3) is 5.70. The van der Waals surface area contributed by atoms with E-state index in [-0.39, 0.29) is 17.2 Å². The SMILES string of the molecule is Cc1cc([N+](=O)[O-])ccc1NC(=O)C(C)Sc1ccc(NC(=O)c2ccccc2F)cc1. The van der Waals surface area contributed by atoms with Gasteiger partial charge < -0.3 is 10.6 Å². The predicted octanol–water partition coefficient (Wildman–Crippen LogP) is 5.41. The molecule has 0 saturated carbocycles. The van der Waals surface area contributed by atoms with Crippen LogP contribution in [0.25, 0.3) is 0 Å². The van der Waals surface area contributed by atoms with E-state index in [0.29, 0.717) is 16.9 Å². The van der Waals surface area contributed by atoms with Gasteiger partial charge in [-0.15, -0.1) is 11.8 Å². The van der Waals surface area contributed by atoms with E-state index < -0.39 is 21.9 Å². The Morgan fingerprint density at radius 3 is 2.34 bits per heavy atom. The zero-order valence-corrected chi connectivity index (χ0v) is 18.1. The molecule has 0 aliphatic rings. The first kappa shape index (κ1) is 23.0. The van der Waals surface area contributed by atoms with E-state index in [2.05, 4.69) is 10.6 Å². The first-order chi connectivity index (χ1) is 15.2. The minimum absolute atomic E-state index is 0.0369. The zero-order valence-electron chi connectivity index (χ0n) is 17.3. The van der Waals surface area contributed by atoms with Gasteiger partial charge in [0.2, 0.25) is 5.91 Å². The molecule has 0 aliphatic carbocycles. The van der Waals surface area contributed by atoms with Crippen molar-refractivity contribution >= 4 is 40.6 Å². The fourth-order valence-electron chi connectivity index (χ4n) is 2.85. The smallest absolute Gasteiger partial charge is 0.269 e. The van der Waals surface area contributed by atoms with Gasteiger partial charge in [-0.25, -0.2) is 4.39 Å². The van der Waals surface area contributed by atoms with Crippen LogP contribution < -0.4 is 10.6 Å². The molecule has 3 aromatic carbocycles. The van der Waals surface area contributed by atoms with Gasteiger partial charge in [-0.1, -0.05) is 12.1 Å². The van der Waals surface area contributed by atoms with Gasteiger partial charge in [-0.05, 0) is 61.9 Å². The molecule has 164 valence electrons. The van der Waals surface area contributed by atoms with Gasteiger partial charge in [0.1, 0.15) is 5.82 Å². The number of carbonyl (C=O) groups excluding carboxylic acids is 2. The number of hydrogen-bond acceptors (Lipinski definition) is 5. The highest BCUT2D eigenvalue weighted by molar-refractivity contribution is 8.00. The summed E-state index contributed by atoms with van der Waals surface area (Å²) < 4.78 is 13.7. The second kappa shape index (κ2) is 10.1. The predicted molar refractivity (Wildman–Crippen MR) is 123 cm³/mol. The van der Waals surface area contributed by atoms with Crippen molar-refractivity contribution in [3.05, 3.63) is 93.8 Å². The van der Waals surface area contributed by atoms with Crippen molar-refractivity contribution in [3.8, 4) is 0 Å². The first-order valence-corrected chi connectivity index (χ1v) is 10.5. The maximum atomic E-state index is 13.7. The second-order valence-corrected chi connectivity index (χ2v) is 8.38. The molecule has 0 bridgehead atoms. The summed E-state index contributed by atoms with van der Waals surface area (Å²) in [5.74, 6) is -1.39. The molecule has 2 amide bonds. The fraction of sp³-hybridized carbons (Fsp3) is 0.130. The van der Waals surface area contributed by atoms with Crippen molar-refractivity contribution < 1.29 is 18.9 Å². The number of thioether (sulfide) groups is 1. The van der Waals surface area contributed by atoms with E-state index >= 15 is 0 Å². The highest BCUT2D eigenvalue weighted by Crippen LogP contribution is 2.27. The van der Waals surface area contributed by atoms with Gasteiger partial charge in [-0.3, -0.25) is 19.7 Å². The highest BCUT2D eigenvalue weighted by atomic mass is 32.2. The Morgan fingerprint density at radius 1 is 1.03 bits per heavy atom. The van der Waals surface area contributed by atoms with Gasteiger partial charge in [0.15, 0.2) is 0 Å². The standard InChI is InChI=1S/C23H20FN3O4S/c1-14-13-17(27(30)31)9-12-21(14)26-22(28)15(2)32-18-10-7-16(8-11-18)25-23(29)19-5-3-4-6-20(19)24/h3-13,15H,1-2H3,(H,25,29)(H,26,28). The van der Waals surface area contributed by atoms with Crippen LogP contribution in [0.4, 0.5) is 21.5 Å². The van der Waals surface area contributed by atoms with Crippen molar-refractivity contribution in [2.45, 2.75) is 24.0 Å². The Bertz CT molecular complexity index is 1170. The second-order valence-electron chi connectivity index (χ2n) is 6.96. The van der Waals surface area contributed by atoms with Crippen LogP contribution in [0.1, 0.15) is 22.8 Å². The van der Waals surface area contributed by atoms with Crippen LogP contribution in [-0.4, -0.2) is 22.0 Å². The first-order valence-electron chi connectivity index (χ1n) is 9.63. The van der Waals surface area contributed by atoms with E-state index in [1.807, 2.05) is 0 Å². The molecule has 7 nitrogen and oxygen atoms in total. The maximum Gasteiger partial charge on any atom is 0.269 e. The topological polar surface area (TPSA) is 101 Å². The molecule has 0 aliphatic heterocycles. The molecule has 0 saturated heterocycles. The summed E-state index contributed by atoms with van der Waals surface area (Å²) in [6.07, 6.45) is 0. The molecule has 32 heavy (non-hydrogen) atoms. The number of halogens is 1. The van der Waals surface area contributed by atoms with E-state index in [0.717, 1.165) is 4.90 Å². The van der Waals surface area contributed by atoms with Crippen molar-refractivity contribution in [2.24, 2.45) is 0 Å². The fourth-order valence-corrected chi connectivity index (χ4v) is 3.72. The molecule has 0 fully saturated rings. The molecule has 3 aromatic rings. The van der Waals surface area contributed by atoms with Crippen LogP contribution in [0.5, 0.6) is 0 Å². The lowest BCUT2D eigenvalue weighted by Gasteiger charge is -2.14. The van der Waals surface area contributed by atoms with Crippen LogP contribution in [-0.2, 0) is 4.79 Å². The summed E-state index contributed by atoms with van der Waals surface area (Å²) in [7, 11) is 0. The van der Waals surface area contributed by atoms with Crippen molar-refractivity contribution in [2.75, 3.05) is 10.6 Å². The number of aryl methyl sites for hydroxylation is 1. The number of hydrogen-bond donors (Lipinski definition) is 2. The molecule has 0 heterocycles. The average molecular weight is 453 g/mol. The molecule has 0 aromatic heterocycles. The zero-order chi connectivity index (χ0) is 23.3. The Morgan fingerprint density at radius 2 is 1.72 bits per heavy atom. The number of amides is 2. The number of anilines is 2. The van der Waals surface area contributed by atoms with Crippen LogP contribution in [0.15, 0.2) is 71.6 Å². The summed E-state index contributed by atoms with van der Waals surface area (Å²) in [4.78, 5) is 35.9. The van der Waals surface area contributed by atoms with Gasteiger partial charge in [0.05, 0.1) is 15.7 Å². The quantitative estimate of drug-likeness (QED) is 0.283. The average Bonchev–Trinajstić information content (AvgIpc) is 2.76. The third-order valence-electron chi connectivity index (χ3n) is 4.59. The van der Waals surface area contributed by atoms with E-state index in [4.69, 9.17) is 0 Å². The Hall–Kier alpha value is -3.72. The number of carbonyl (C=O) groups is 2. The lowest BCUT2D eigenvalue weighted by molar-refractivity contribution is -0.384. The van der Waals surface area contributed by atoms with Crippen molar-refractivity contribution in [1.82, 2.24) is 0 Å². The lowest BCUT2D eigenvalue weighted by Crippen LogP contribution is -2.22. The number of non-ortho nitro benzene ring substituents is 1. The highest BCUT2D eigenvalue weighted by Gasteiger charge is 2.17. The Kier molecular flexibility index (Phi) is 7.21. The number of nitrogens with one attached hydrogen (secondary N) is 2. The summed E-state index contributed by atoms with van der Waals surface area (Å²) in [6, 6.07) is 16.8. The van der Waals surface area contributed by atoms with Crippen molar-refractivity contribution in [1.29, 1.82) is 0 Å². The number of nitrogens with zero attached hydrogens (tertiary/aromatic N) is 1. The van der Waals surface area contributed by atoms with E-state index in [1.165, 1.54) is 48.2 Å². The largest absolute Gasteiger partial charge is 0.325 e. The van der Waals surface area contributed by atoms with Crippen molar-refractivity contribution in [3.63, 3.8) is 0 Å². The molecule has 1 atom stereocenters. The van der Waals surface area contributed by atoms with Gasteiger partial charge in [0, 0.05) is 28.4 Å². The van der Waals surface area contributed by atoms with Gasteiger partial charge >= 0.3 is 0 Å². The Labute approximate surface area is 188 Å². The molecular weight excluding hydrogens is 433 g/mol. The minimum Gasteiger partial charge on any atom is -0.325 e. The molecule has 1 unspecified atom stereocenters. The Balaban J connectivity index is 1.59. The molecule has 0 radical (unpaired) electrons. The maximum absolute atomic E-state index is 13.7. The van der Waals surface area contributed by atoms with Crippen LogP contribution in [0, 0.1) is 22.9 Å². The van der Waals surface area contributed by atoms with Crippen LogP contribution in [0.2, 0.25) is 0 Å². The lowest BCUT2D eigenvalue weighted by atomic mass is 10.2. The number of rotatable bonds is 7. The van der Waals surface area contributed by atoms with E-state index in [1.54, 1.807) is 44.2 Å². The summed E-state index contributed by atoms with van der Waals surface area (Å²) in [5, 5.41) is 15.8. The molecule has 9 heteroatoms.